The molecule has 0 amide bonds. The molecule has 3 nitrogen and oxygen atoms in total. The van der Waals surface area contributed by atoms with E-state index in [0.717, 1.165) is 5.82 Å². The van der Waals surface area contributed by atoms with Gasteiger partial charge in [0.05, 0.1) is 0 Å². The van der Waals surface area contributed by atoms with Crippen LogP contribution in [0.5, 0.6) is 0 Å². The van der Waals surface area contributed by atoms with Crippen molar-refractivity contribution in [1.29, 1.82) is 0 Å². The first kappa shape index (κ1) is 5.68. The van der Waals surface area contributed by atoms with Crippen molar-refractivity contribution in [3.8, 4) is 0 Å². The van der Waals surface area contributed by atoms with E-state index in [0.29, 0.717) is 5.16 Å². The van der Waals surface area contributed by atoms with Gasteiger partial charge in [-0.15, -0.1) is 0 Å². The van der Waals surface area contributed by atoms with E-state index in [-0.39, 0.29) is 0 Å². The highest BCUT2D eigenvalue weighted by molar-refractivity contribution is 6.29. The molecule has 0 unspecified atom stereocenters. The van der Waals surface area contributed by atoms with Gasteiger partial charge in [-0.1, -0.05) is 11.6 Å². The molecule has 0 atom stereocenters. The lowest BCUT2D eigenvalue weighted by Crippen LogP contribution is -2.32. The zero-order valence-corrected chi connectivity index (χ0v) is 5.89. The summed E-state index contributed by atoms with van der Waals surface area (Å²) in [5, 5.41) is 5.45. The standard InChI is InChI=1S/C6H6ClN3/c7-5-1-2-6-8-3-4-10(6)9-5/h1-4,8-9H. The lowest BCUT2D eigenvalue weighted by atomic mass is 10.5. The van der Waals surface area contributed by atoms with Crippen molar-refractivity contribution in [2.24, 2.45) is 0 Å². The number of halogens is 1. The van der Waals surface area contributed by atoms with Crippen molar-refractivity contribution in [3.63, 3.8) is 0 Å². The van der Waals surface area contributed by atoms with Crippen LogP contribution in [-0.4, -0.2) is 5.01 Å². The van der Waals surface area contributed by atoms with E-state index in [1.165, 1.54) is 0 Å². The second-order valence-electron chi connectivity index (χ2n) is 2.01. The Labute approximate surface area is 63.6 Å². The minimum Gasteiger partial charge on any atom is -0.345 e. The Morgan fingerprint density at radius 3 is 3.20 bits per heavy atom. The summed E-state index contributed by atoms with van der Waals surface area (Å²) in [4.78, 5) is 0. The lowest BCUT2D eigenvalue weighted by Gasteiger charge is -2.21. The predicted octanol–water partition coefficient (Wildman–Crippen LogP) is 0.803. The van der Waals surface area contributed by atoms with Crippen molar-refractivity contribution in [2.45, 2.75) is 0 Å². The van der Waals surface area contributed by atoms with E-state index in [9.17, 15) is 0 Å². The summed E-state index contributed by atoms with van der Waals surface area (Å²) in [6.07, 6.45) is 7.40. The van der Waals surface area contributed by atoms with Crippen LogP contribution in [0.4, 0.5) is 0 Å². The molecule has 0 aromatic rings. The molecule has 2 aliphatic heterocycles. The van der Waals surface area contributed by atoms with Crippen LogP contribution in [0.2, 0.25) is 0 Å². The largest absolute Gasteiger partial charge is 0.345 e. The van der Waals surface area contributed by atoms with Gasteiger partial charge in [0.1, 0.15) is 11.0 Å². The zero-order valence-electron chi connectivity index (χ0n) is 5.13. The molecule has 2 aliphatic rings. The van der Waals surface area contributed by atoms with Crippen molar-refractivity contribution in [3.05, 3.63) is 35.5 Å². The Morgan fingerprint density at radius 1 is 1.40 bits per heavy atom. The molecule has 0 aliphatic carbocycles. The number of rotatable bonds is 0. The molecule has 0 fully saturated rings. The molecule has 0 saturated carbocycles. The maximum Gasteiger partial charge on any atom is 0.129 e. The van der Waals surface area contributed by atoms with E-state index < -0.39 is 0 Å². The second kappa shape index (κ2) is 1.95. The number of hydrazine groups is 1. The minimum atomic E-state index is 0.622. The maximum atomic E-state index is 5.69. The van der Waals surface area contributed by atoms with E-state index >= 15 is 0 Å². The molecule has 0 spiro atoms. The zero-order chi connectivity index (χ0) is 6.97. The number of nitrogens with zero attached hydrogens (tertiary/aromatic N) is 1. The third-order valence-corrected chi connectivity index (χ3v) is 1.54. The summed E-state index contributed by atoms with van der Waals surface area (Å²) in [7, 11) is 0. The smallest absolute Gasteiger partial charge is 0.129 e. The first-order chi connectivity index (χ1) is 4.86. The Balaban J connectivity index is 2.28. The maximum absolute atomic E-state index is 5.69. The van der Waals surface area contributed by atoms with E-state index in [1.807, 2.05) is 23.5 Å². The number of fused-ring (bicyclic) bond motifs is 1. The summed E-state index contributed by atoms with van der Waals surface area (Å²) < 4.78 is 0. The fourth-order valence-corrected chi connectivity index (χ4v) is 1.03. The van der Waals surface area contributed by atoms with Gasteiger partial charge in [0.25, 0.3) is 0 Å². The summed E-state index contributed by atoms with van der Waals surface area (Å²) in [6, 6.07) is 0. The lowest BCUT2D eigenvalue weighted by molar-refractivity contribution is 0.387. The van der Waals surface area contributed by atoms with Crippen LogP contribution >= 0.6 is 11.6 Å². The van der Waals surface area contributed by atoms with Crippen molar-refractivity contribution < 1.29 is 0 Å². The fraction of sp³-hybridized carbons (Fsp3) is 0. The number of hydrogen-bond donors (Lipinski definition) is 2. The Bertz CT molecular complexity index is 241. The average molecular weight is 156 g/mol. The van der Waals surface area contributed by atoms with E-state index in [2.05, 4.69) is 10.7 Å². The predicted molar refractivity (Wildman–Crippen MR) is 39.3 cm³/mol. The monoisotopic (exact) mass is 155 g/mol. The topological polar surface area (TPSA) is 27.3 Å². The summed E-state index contributed by atoms with van der Waals surface area (Å²) in [6.45, 7) is 0. The summed E-state index contributed by atoms with van der Waals surface area (Å²) in [5.74, 6) is 0.990. The molecular weight excluding hydrogens is 150 g/mol. The van der Waals surface area contributed by atoms with Gasteiger partial charge in [-0.3, -0.25) is 5.43 Å². The molecule has 0 radical (unpaired) electrons. The quantitative estimate of drug-likeness (QED) is 0.507. The molecule has 0 aromatic heterocycles. The van der Waals surface area contributed by atoms with Crippen LogP contribution in [0.3, 0.4) is 0 Å². The molecule has 2 heterocycles. The molecular formula is C6H6ClN3. The molecule has 2 N–H and O–H groups in total. The molecule has 10 heavy (non-hydrogen) atoms. The summed E-state index contributed by atoms with van der Waals surface area (Å²) >= 11 is 5.69. The van der Waals surface area contributed by atoms with E-state index in [4.69, 9.17) is 11.6 Å². The van der Waals surface area contributed by atoms with Gasteiger partial charge in [0.2, 0.25) is 0 Å². The van der Waals surface area contributed by atoms with Crippen LogP contribution < -0.4 is 10.7 Å². The Hall–Kier alpha value is -1.09. The van der Waals surface area contributed by atoms with Gasteiger partial charge in [-0.25, -0.2) is 5.01 Å². The van der Waals surface area contributed by atoms with Gasteiger partial charge in [-0.05, 0) is 12.2 Å². The van der Waals surface area contributed by atoms with Gasteiger partial charge in [0, 0.05) is 12.4 Å². The minimum absolute atomic E-state index is 0.622. The SMILES string of the molecule is ClC1=CC=C2NC=CN2N1. The molecule has 0 bridgehead atoms. The molecule has 0 saturated heterocycles. The third kappa shape index (κ3) is 0.752. The highest BCUT2D eigenvalue weighted by Gasteiger charge is 2.13. The molecule has 52 valence electrons. The second-order valence-corrected chi connectivity index (χ2v) is 2.42. The summed E-state index contributed by atoms with van der Waals surface area (Å²) in [5.41, 5.74) is 2.92. The Kier molecular flexibility index (Phi) is 1.11. The number of nitrogens with one attached hydrogen (secondary N) is 2. The van der Waals surface area contributed by atoms with Crippen molar-refractivity contribution >= 4 is 11.6 Å². The van der Waals surface area contributed by atoms with Crippen LogP contribution in [0, 0.1) is 0 Å². The number of hydrogen-bond acceptors (Lipinski definition) is 3. The first-order valence-corrected chi connectivity index (χ1v) is 3.31. The highest BCUT2D eigenvalue weighted by Crippen LogP contribution is 2.13. The van der Waals surface area contributed by atoms with Gasteiger partial charge >= 0.3 is 0 Å². The first-order valence-electron chi connectivity index (χ1n) is 2.93. The highest BCUT2D eigenvalue weighted by atomic mass is 35.5. The molecule has 2 rings (SSSR count). The van der Waals surface area contributed by atoms with Crippen LogP contribution in [0.25, 0.3) is 0 Å². The number of allylic oxidation sites excluding steroid dienone is 2. The Morgan fingerprint density at radius 2 is 2.30 bits per heavy atom. The van der Waals surface area contributed by atoms with Gasteiger partial charge in [-0.2, -0.15) is 0 Å². The van der Waals surface area contributed by atoms with E-state index in [1.54, 1.807) is 6.08 Å². The van der Waals surface area contributed by atoms with Crippen molar-refractivity contribution in [2.75, 3.05) is 0 Å². The average Bonchev–Trinajstić information content (AvgIpc) is 2.33. The van der Waals surface area contributed by atoms with Crippen LogP contribution in [0.1, 0.15) is 0 Å². The third-order valence-electron chi connectivity index (χ3n) is 1.33. The molecule has 0 aromatic carbocycles. The van der Waals surface area contributed by atoms with Crippen LogP contribution in [-0.2, 0) is 0 Å². The molecule has 4 heteroatoms. The normalized spacial score (nSPS) is 20.7. The van der Waals surface area contributed by atoms with Crippen molar-refractivity contribution in [1.82, 2.24) is 15.8 Å². The van der Waals surface area contributed by atoms with Gasteiger partial charge < -0.3 is 5.32 Å². The van der Waals surface area contributed by atoms with Gasteiger partial charge in [0.15, 0.2) is 0 Å². The fourth-order valence-electron chi connectivity index (χ4n) is 0.877. The van der Waals surface area contributed by atoms with Crippen LogP contribution in [0.15, 0.2) is 35.5 Å².